The zero-order chi connectivity index (χ0) is 22.0. The summed E-state index contributed by atoms with van der Waals surface area (Å²) in [6.07, 6.45) is 0. The SMILES string of the molecule is CC(c1c(F)ccc(F)c1F)N1CCN(C(=O)c2ccc(NS(=O)O)cc2)[C@H](C)C1. The largest absolute Gasteiger partial charge is 0.333 e. The summed E-state index contributed by atoms with van der Waals surface area (Å²) < 4.78 is 63.8. The molecule has 1 saturated heterocycles. The van der Waals surface area contributed by atoms with Crippen LogP contribution in [0.4, 0.5) is 18.9 Å². The molecule has 1 aliphatic heterocycles. The summed E-state index contributed by atoms with van der Waals surface area (Å²) in [5, 5.41) is 0. The van der Waals surface area contributed by atoms with Gasteiger partial charge in [0.15, 0.2) is 11.6 Å². The predicted octanol–water partition coefficient (Wildman–Crippen LogP) is 3.56. The third-order valence-electron chi connectivity index (χ3n) is 5.30. The molecule has 1 fully saturated rings. The van der Waals surface area contributed by atoms with Gasteiger partial charge in [0, 0.05) is 48.5 Å². The molecule has 162 valence electrons. The minimum Gasteiger partial charge on any atom is -0.333 e. The van der Waals surface area contributed by atoms with Gasteiger partial charge in [-0.25, -0.2) is 17.4 Å². The monoisotopic (exact) mass is 441 g/mol. The van der Waals surface area contributed by atoms with Crippen molar-refractivity contribution in [2.24, 2.45) is 0 Å². The summed E-state index contributed by atoms with van der Waals surface area (Å²) in [6, 6.07) is 6.91. The fourth-order valence-corrected chi connectivity index (χ4v) is 4.03. The molecule has 2 aromatic rings. The van der Waals surface area contributed by atoms with Gasteiger partial charge < -0.3 is 4.90 Å². The lowest BCUT2D eigenvalue weighted by molar-refractivity contribution is 0.0397. The smallest absolute Gasteiger partial charge is 0.259 e. The first-order chi connectivity index (χ1) is 14.2. The third-order valence-corrected chi connectivity index (χ3v) is 5.71. The molecule has 30 heavy (non-hydrogen) atoms. The number of carbonyl (C=O) groups is 1. The third kappa shape index (κ3) is 4.66. The van der Waals surface area contributed by atoms with E-state index in [-0.39, 0.29) is 17.5 Å². The Labute approximate surface area is 175 Å². The molecular weight excluding hydrogens is 419 g/mol. The summed E-state index contributed by atoms with van der Waals surface area (Å²) in [5.41, 5.74) is 0.504. The van der Waals surface area contributed by atoms with E-state index in [2.05, 4.69) is 4.72 Å². The molecule has 2 N–H and O–H groups in total. The van der Waals surface area contributed by atoms with Crippen molar-refractivity contribution in [2.45, 2.75) is 25.9 Å². The van der Waals surface area contributed by atoms with E-state index >= 15 is 0 Å². The molecule has 0 bridgehead atoms. The van der Waals surface area contributed by atoms with Gasteiger partial charge >= 0.3 is 0 Å². The highest BCUT2D eigenvalue weighted by Crippen LogP contribution is 2.29. The van der Waals surface area contributed by atoms with E-state index in [1.54, 1.807) is 24.0 Å². The highest BCUT2D eigenvalue weighted by Gasteiger charge is 2.32. The van der Waals surface area contributed by atoms with Crippen LogP contribution in [0.3, 0.4) is 0 Å². The summed E-state index contributed by atoms with van der Waals surface area (Å²) in [5.74, 6) is -3.30. The molecular formula is C20H22F3N3O3S. The molecule has 3 atom stereocenters. The van der Waals surface area contributed by atoms with Crippen LogP contribution in [0.1, 0.15) is 35.8 Å². The molecule has 0 aromatic heterocycles. The van der Waals surface area contributed by atoms with E-state index in [1.165, 1.54) is 12.1 Å². The van der Waals surface area contributed by atoms with E-state index < -0.39 is 34.8 Å². The first kappa shape index (κ1) is 22.3. The van der Waals surface area contributed by atoms with Gasteiger partial charge in [-0.05, 0) is 50.2 Å². The molecule has 2 unspecified atom stereocenters. The molecule has 6 nitrogen and oxygen atoms in total. The Bertz CT molecular complexity index is 958. The van der Waals surface area contributed by atoms with Crippen LogP contribution in [0.15, 0.2) is 36.4 Å². The normalized spacial score (nSPS) is 19.4. The minimum atomic E-state index is -2.20. The van der Waals surface area contributed by atoms with Gasteiger partial charge in [-0.3, -0.25) is 19.0 Å². The second kappa shape index (κ2) is 9.15. The fourth-order valence-electron chi connectivity index (χ4n) is 3.70. The Morgan fingerprint density at radius 3 is 2.37 bits per heavy atom. The topological polar surface area (TPSA) is 72.9 Å². The van der Waals surface area contributed by atoms with Gasteiger partial charge in [-0.1, -0.05) is 0 Å². The Balaban J connectivity index is 1.70. The lowest BCUT2D eigenvalue weighted by Crippen LogP contribution is -2.54. The molecule has 0 spiro atoms. The lowest BCUT2D eigenvalue weighted by atomic mass is 10.0. The number of hydrogen-bond acceptors (Lipinski definition) is 3. The van der Waals surface area contributed by atoms with Crippen LogP contribution in [0, 0.1) is 17.5 Å². The summed E-state index contributed by atoms with van der Waals surface area (Å²) >= 11 is -2.20. The van der Waals surface area contributed by atoms with E-state index in [1.807, 2.05) is 11.8 Å². The number of halogens is 3. The van der Waals surface area contributed by atoms with E-state index in [9.17, 15) is 22.2 Å². The number of carbonyl (C=O) groups excluding carboxylic acids is 1. The van der Waals surface area contributed by atoms with Gasteiger partial charge in [0.1, 0.15) is 5.82 Å². The molecule has 1 amide bonds. The van der Waals surface area contributed by atoms with Crippen molar-refractivity contribution in [3.05, 3.63) is 65.0 Å². The van der Waals surface area contributed by atoms with Gasteiger partial charge in [0.2, 0.25) is 0 Å². The van der Waals surface area contributed by atoms with E-state index in [4.69, 9.17) is 4.55 Å². The van der Waals surface area contributed by atoms with Crippen LogP contribution in [-0.4, -0.2) is 50.1 Å². The molecule has 0 radical (unpaired) electrons. The standard InChI is InChI=1S/C20H22F3N3O3S/c1-12-11-25(13(2)18-16(21)7-8-17(22)19(18)23)9-10-26(12)20(27)14-3-5-15(6-4-14)24-30(28)29/h3-8,12-13,24H,9-11H2,1-2H3,(H,28,29)/t12-,13?/m1/s1. The molecule has 2 aromatic carbocycles. The van der Waals surface area contributed by atoms with Crippen LogP contribution in [0.25, 0.3) is 0 Å². The number of nitrogens with one attached hydrogen (secondary N) is 1. The highest BCUT2D eigenvalue weighted by molar-refractivity contribution is 7.80. The molecule has 1 aliphatic rings. The average molecular weight is 441 g/mol. The molecule has 0 aliphatic carbocycles. The van der Waals surface area contributed by atoms with Crippen molar-refractivity contribution >= 4 is 22.9 Å². The number of benzene rings is 2. The number of amides is 1. The van der Waals surface area contributed by atoms with Crippen LogP contribution < -0.4 is 4.72 Å². The highest BCUT2D eigenvalue weighted by atomic mass is 32.2. The zero-order valence-electron chi connectivity index (χ0n) is 16.4. The number of rotatable bonds is 5. The quantitative estimate of drug-likeness (QED) is 0.550. The zero-order valence-corrected chi connectivity index (χ0v) is 17.3. The summed E-state index contributed by atoms with van der Waals surface area (Å²) in [4.78, 5) is 16.3. The van der Waals surface area contributed by atoms with E-state index in [0.29, 0.717) is 30.9 Å². The van der Waals surface area contributed by atoms with E-state index in [0.717, 1.165) is 12.1 Å². The van der Waals surface area contributed by atoms with Gasteiger partial charge in [-0.2, -0.15) is 0 Å². The Morgan fingerprint density at radius 2 is 1.77 bits per heavy atom. The molecule has 0 saturated carbocycles. The van der Waals surface area contributed by atoms with Crippen LogP contribution in [0.2, 0.25) is 0 Å². The molecule has 1 heterocycles. The number of piperazine rings is 1. The predicted molar refractivity (Wildman–Crippen MR) is 108 cm³/mol. The second-order valence-electron chi connectivity index (χ2n) is 7.20. The fraction of sp³-hybridized carbons (Fsp3) is 0.350. The summed E-state index contributed by atoms with van der Waals surface area (Å²) in [7, 11) is 0. The number of anilines is 1. The van der Waals surface area contributed by atoms with Crippen molar-refractivity contribution in [2.75, 3.05) is 24.4 Å². The second-order valence-corrected chi connectivity index (χ2v) is 7.91. The van der Waals surface area contributed by atoms with Crippen LogP contribution in [-0.2, 0) is 11.3 Å². The van der Waals surface area contributed by atoms with Crippen LogP contribution >= 0.6 is 0 Å². The Morgan fingerprint density at radius 1 is 1.13 bits per heavy atom. The van der Waals surface area contributed by atoms with Crippen molar-refractivity contribution in [1.29, 1.82) is 0 Å². The maximum absolute atomic E-state index is 14.2. The Hall–Kier alpha value is -2.43. The Kier molecular flexibility index (Phi) is 6.79. The maximum atomic E-state index is 14.2. The molecule has 3 rings (SSSR count). The van der Waals surface area contributed by atoms with Crippen LogP contribution in [0.5, 0.6) is 0 Å². The number of hydrogen-bond donors (Lipinski definition) is 2. The lowest BCUT2D eigenvalue weighted by Gasteiger charge is -2.42. The first-order valence-corrected chi connectivity index (χ1v) is 10.5. The van der Waals surface area contributed by atoms with Gasteiger partial charge in [-0.15, -0.1) is 0 Å². The van der Waals surface area contributed by atoms with Gasteiger partial charge in [0.25, 0.3) is 17.2 Å². The van der Waals surface area contributed by atoms with Crippen molar-refractivity contribution < 1.29 is 26.7 Å². The minimum absolute atomic E-state index is 0.213. The van der Waals surface area contributed by atoms with Crippen molar-refractivity contribution in [1.82, 2.24) is 9.80 Å². The first-order valence-electron chi connectivity index (χ1n) is 9.35. The average Bonchev–Trinajstić information content (AvgIpc) is 2.70. The number of nitrogens with zero attached hydrogens (tertiary/aromatic N) is 2. The molecule has 10 heteroatoms. The maximum Gasteiger partial charge on any atom is 0.259 e. The van der Waals surface area contributed by atoms with Gasteiger partial charge in [0.05, 0.1) is 0 Å². The summed E-state index contributed by atoms with van der Waals surface area (Å²) in [6.45, 7) is 4.52. The van der Waals surface area contributed by atoms with Crippen molar-refractivity contribution in [3.8, 4) is 0 Å². The van der Waals surface area contributed by atoms with Crippen molar-refractivity contribution in [3.63, 3.8) is 0 Å².